The van der Waals surface area contributed by atoms with E-state index >= 15 is 0 Å². The van der Waals surface area contributed by atoms with Gasteiger partial charge in [-0.2, -0.15) is 0 Å². The summed E-state index contributed by atoms with van der Waals surface area (Å²) in [4.78, 5) is 11.9. The van der Waals surface area contributed by atoms with E-state index < -0.39 is 5.97 Å². The summed E-state index contributed by atoms with van der Waals surface area (Å²) < 4.78 is 6.10. The monoisotopic (exact) mass is 434 g/mol. The topological polar surface area (TPSA) is 49.4 Å². The normalized spacial score (nSPS) is 10.6. The predicted octanol–water partition coefficient (Wildman–Crippen LogP) is 2.43. The van der Waals surface area contributed by atoms with E-state index in [-0.39, 0.29) is 29.6 Å². The number of carbonyl (C=O) groups excluding carboxylic acids is 1. The number of hydrogen-bond acceptors (Lipinski definition) is 4. The van der Waals surface area contributed by atoms with E-state index in [2.05, 4.69) is 11.4 Å². The molecule has 1 aromatic heterocycles. The van der Waals surface area contributed by atoms with Gasteiger partial charge in [0.15, 0.2) is 0 Å². The second-order valence-electron chi connectivity index (χ2n) is 6.71. The first-order valence-corrected chi connectivity index (χ1v) is 10.4. The number of thiophene rings is 1. The van der Waals surface area contributed by atoms with Crippen LogP contribution in [0.3, 0.4) is 0 Å². The van der Waals surface area contributed by atoms with E-state index in [9.17, 15) is 9.90 Å². The van der Waals surface area contributed by atoms with Crippen molar-refractivity contribution in [1.82, 2.24) is 0 Å². The third-order valence-electron chi connectivity index (χ3n) is 4.66. The van der Waals surface area contributed by atoms with Gasteiger partial charge in [-0.05, 0) is 45.8 Å². The van der Waals surface area contributed by atoms with Crippen LogP contribution in [-0.2, 0) is 11.4 Å². The van der Waals surface area contributed by atoms with Gasteiger partial charge in [0.05, 0.1) is 5.97 Å². The molecule has 0 aliphatic carbocycles. The molecule has 148 valence electrons. The maximum atomic E-state index is 10.8. The number of carboxylic acids is 1. The first kappa shape index (κ1) is 23.0. The summed E-state index contributed by atoms with van der Waals surface area (Å²) in [6.45, 7) is 0.506. The van der Waals surface area contributed by atoms with E-state index in [1.807, 2.05) is 78.9 Å². The summed E-state index contributed by atoms with van der Waals surface area (Å²) in [7, 11) is 0. The Balaban J connectivity index is 0.00000272. The molecular formula is C26H19NaO3S. The van der Waals surface area contributed by atoms with Gasteiger partial charge in [-0.15, -0.1) is 11.3 Å². The quantitative estimate of drug-likeness (QED) is 0.332. The Hall–Kier alpha value is -2.63. The second-order valence-corrected chi connectivity index (χ2v) is 7.62. The van der Waals surface area contributed by atoms with Crippen molar-refractivity contribution in [1.29, 1.82) is 0 Å². The summed E-state index contributed by atoms with van der Waals surface area (Å²) in [5.41, 5.74) is 5.03. The van der Waals surface area contributed by atoms with Gasteiger partial charge in [-0.3, -0.25) is 0 Å². The molecule has 5 heteroatoms. The molecule has 4 aromatic rings. The minimum absolute atomic E-state index is 0. The fraction of sp³-hybridized carbons (Fsp3) is 0.0385. The van der Waals surface area contributed by atoms with Gasteiger partial charge in [0, 0.05) is 10.4 Å². The summed E-state index contributed by atoms with van der Waals surface area (Å²) >= 11 is 1.62. The predicted molar refractivity (Wildman–Crippen MR) is 120 cm³/mol. The molecule has 3 aromatic carbocycles. The maximum Gasteiger partial charge on any atom is 1.00 e. The number of rotatable bonds is 7. The van der Waals surface area contributed by atoms with Crippen LogP contribution in [0.2, 0.25) is 0 Å². The number of ether oxygens (including phenoxy) is 1. The Morgan fingerprint density at radius 1 is 0.903 bits per heavy atom. The average Bonchev–Trinajstić information content (AvgIpc) is 3.27. The largest absolute Gasteiger partial charge is 1.00 e. The molecule has 0 radical (unpaired) electrons. The van der Waals surface area contributed by atoms with Crippen molar-refractivity contribution >= 4 is 23.4 Å². The Morgan fingerprint density at radius 2 is 1.58 bits per heavy atom. The van der Waals surface area contributed by atoms with Gasteiger partial charge in [0.1, 0.15) is 12.4 Å². The van der Waals surface area contributed by atoms with Crippen molar-refractivity contribution in [3.05, 3.63) is 108 Å². The zero-order valence-corrected chi connectivity index (χ0v) is 20.0. The number of hydrogen-bond donors (Lipinski definition) is 0. The van der Waals surface area contributed by atoms with E-state index in [1.54, 1.807) is 17.4 Å². The van der Waals surface area contributed by atoms with Crippen molar-refractivity contribution in [3.8, 4) is 27.3 Å². The zero-order chi connectivity index (χ0) is 20.8. The Bertz CT molecular complexity index is 1180. The molecule has 0 aliphatic rings. The van der Waals surface area contributed by atoms with Gasteiger partial charge < -0.3 is 14.6 Å². The van der Waals surface area contributed by atoms with Crippen LogP contribution in [0.1, 0.15) is 11.1 Å². The Labute approximate surface area is 207 Å². The minimum atomic E-state index is -1.21. The summed E-state index contributed by atoms with van der Waals surface area (Å²) in [6, 6.07) is 27.9. The summed E-state index contributed by atoms with van der Waals surface area (Å²) in [6.07, 6.45) is 2.63. The van der Waals surface area contributed by atoms with E-state index in [0.29, 0.717) is 6.61 Å². The first-order chi connectivity index (χ1) is 14.7. The molecule has 0 amide bonds. The van der Waals surface area contributed by atoms with Crippen molar-refractivity contribution < 1.29 is 44.2 Å². The summed E-state index contributed by atoms with van der Waals surface area (Å²) in [5, 5.41) is 12.9. The first-order valence-electron chi connectivity index (χ1n) is 9.54. The number of carbonyl (C=O) groups is 1. The number of carboxylic acid groups (broad SMARTS) is 1. The molecule has 0 bridgehead atoms. The third-order valence-corrected chi connectivity index (χ3v) is 5.62. The molecular weight excluding hydrogens is 415 g/mol. The van der Waals surface area contributed by atoms with Crippen LogP contribution in [0, 0.1) is 0 Å². The van der Waals surface area contributed by atoms with Gasteiger partial charge in [-0.1, -0.05) is 78.9 Å². The molecule has 0 aliphatic heterocycles. The van der Waals surface area contributed by atoms with Gasteiger partial charge in [0.25, 0.3) is 0 Å². The van der Waals surface area contributed by atoms with Crippen molar-refractivity contribution in [2.24, 2.45) is 0 Å². The fourth-order valence-corrected chi connectivity index (χ4v) is 4.17. The molecule has 3 nitrogen and oxygen atoms in total. The molecule has 0 atom stereocenters. The molecule has 0 N–H and O–H groups in total. The number of aliphatic carboxylic acids is 1. The van der Waals surface area contributed by atoms with Gasteiger partial charge in [-0.25, -0.2) is 0 Å². The van der Waals surface area contributed by atoms with Crippen LogP contribution in [0.5, 0.6) is 5.75 Å². The minimum Gasteiger partial charge on any atom is -0.545 e. The maximum absolute atomic E-state index is 10.8. The SMILES string of the molecule is O=C([O-])/C=C/c1ccccc1-c1cc(-c2ccccc2OCc2ccccc2)cs1.[Na+]. The van der Waals surface area contributed by atoms with Crippen molar-refractivity contribution in [2.75, 3.05) is 0 Å². The fourth-order valence-electron chi connectivity index (χ4n) is 3.21. The third kappa shape index (κ3) is 5.96. The van der Waals surface area contributed by atoms with Gasteiger partial charge >= 0.3 is 29.6 Å². The van der Waals surface area contributed by atoms with Crippen molar-refractivity contribution in [3.63, 3.8) is 0 Å². The molecule has 31 heavy (non-hydrogen) atoms. The Kier molecular flexibility index (Phi) is 8.27. The number of benzene rings is 3. The van der Waals surface area contributed by atoms with Crippen LogP contribution in [0.25, 0.3) is 27.6 Å². The molecule has 0 saturated heterocycles. The average molecular weight is 434 g/mol. The second kappa shape index (κ2) is 11.1. The van der Waals surface area contributed by atoms with E-state index in [4.69, 9.17) is 4.74 Å². The standard InChI is InChI=1S/C26H20O3S.Na/c27-26(28)15-14-20-10-4-5-12-23(20)25-16-21(18-30-25)22-11-6-7-13-24(22)29-17-19-8-2-1-3-9-19;/h1-16,18H,17H2,(H,27,28);/q;+1/p-1/b15-14+;. The summed E-state index contributed by atoms with van der Waals surface area (Å²) in [5.74, 6) is -0.378. The molecule has 0 saturated carbocycles. The molecule has 4 rings (SSSR count). The smallest absolute Gasteiger partial charge is 0.545 e. The Morgan fingerprint density at radius 3 is 2.35 bits per heavy atom. The molecule has 0 spiro atoms. The van der Waals surface area contributed by atoms with Crippen LogP contribution in [0.15, 0.2) is 96.4 Å². The number of para-hydroxylation sites is 1. The van der Waals surface area contributed by atoms with Crippen molar-refractivity contribution in [2.45, 2.75) is 6.61 Å². The molecule has 0 unspecified atom stereocenters. The molecule has 1 heterocycles. The van der Waals surface area contributed by atoms with E-state index in [0.717, 1.165) is 44.5 Å². The van der Waals surface area contributed by atoms with Crippen LogP contribution < -0.4 is 39.4 Å². The molecule has 0 fully saturated rings. The zero-order valence-electron chi connectivity index (χ0n) is 17.2. The van der Waals surface area contributed by atoms with E-state index in [1.165, 1.54) is 0 Å². The van der Waals surface area contributed by atoms with Crippen LogP contribution in [0.4, 0.5) is 0 Å². The van der Waals surface area contributed by atoms with Crippen LogP contribution in [-0.4, -0.2) is 5.97 Å². The van der Waals surface area contributed by atoms with Crippen LogP contribution >= 0.6 is 11.3 Å². The van der Waals surface area contributed by atoms with Gasteiger partial charge in [0.2, 0.25) is 0 Å².